The number of unbranched alkanes of at least 4 members (excludes halogenated alkanes) is 1. The van der Waals surface area contributed by atoms with Gasteiger partial charge in [0, 0.05) is 25.3 Å². The first kappa shape index (κ1) is 18.1. The molecule has 0 radical (unpaired) electrons. The highest BCUT2D eigenvalue weighted by Gasteiger charge is 2.49. The second-order valence-electron chi connectivity index (χ2n) is 6.88. The fourth-order valence-corrected chi connectivity index (χ4v) is 4.94. The average molecular weight is 362 g/mol. The number of anilines is 1. The van der Waals surface area contributed by atoms with Crippen LogP contribution in [0.4, 0.5) is 10.5 Å². The number of piperidine rings is 1. The predicted molar refractivity (Wildman–Crippen MR) is 103 cm³/mol. The van der Waals surface area contributed by atoms with Gasteiger partial charge in [-0.1, -0.05) is 25.5 Å². The zero-order valence-corrected chi connectivity index (χ0v) is 15.9. The maximum absolute atomic E-state index is 12.6. The highest BCUT2D eigenvalue weighted by Crippen LogP contribution is 2.46. The highest BCUT2D eigenvalue weighted by atomic mass is 32.2. The first-order chi connectivity index (χ1) is 12.1. The number of aryl methyl sites for hydroxylation is 1. The quantitative estimate of drug-likeness (QED) is 0.837. The summed E-state index contributed by atoms with van der Waals surface area (Å²) in [5.74, 6) is 0.702. The van der Waals surface area contributed by atoms with E-state index in [1.165, 1.54) is 0 Å². The van der Waals surface area contributed by atoms with Gasteiger partial charge in [0.1, 0.15) is 0 Å². The first-order valence-corrected chi connectivity index (χ1v) is 10.1. The summed E-state index contributed by atoms with van der Waals surface area (Å²) < 4.78 is 0. The molecule has 25 heavy (non-hydrogen) atoms. The minimum Gasteiger partial charge on any atom is -0.338 e. The van der Waals surface area contributed by atoms with Gasteiger partial charge in [0.05, 0.1) is 10.6 Å². The number of thioether (sulfide) groups is 1. The van der Waals surface area contributed by atoms with Crippen molar-refractivity contribution in [1.29, 1.82) is 0 Å². The molecule has 0 aromatic heterocycles. The molecule has 0 bridgehead atoms. The number of likely N-dealkylation sites (tertiary alicyclic amines) is 1. The van der Waals surface area contributed by atoms with E-state index >= 15 is 0 Å². The SMILES string of the molecule is CCCCNC(=O)N1CCC2(CC1)SCC(=O)N2c1cccc(C)c1. The molecule has 136 valence electrons. The van der Waals surface area contributed by atoms with E-state index < -0.39 is 0 Å². The number of hydrogen-bond donors (Lipinski definition) is 1. The van der Waals surface area contributed by atoms with Crippen molar-refractivity contribution in [3.63, 3.8) is 0 Å². The second kappa shape index (κ2) is 7.68. The van der Waals surface area contributed by atoms with Crippen molar-refractivity contribution in [2.45, 2.75) is 44.4 Å². The van der Waals surface area contributed by atoms with Crippen LogP contribution >= 0.6 is 11.8 Å². The van der Waals surface area contributed by atoms with Crippen LogP contribution in [0.25, 0.3) is 0 Å². The number of carbonyl (C=O) groups is 2. The normalized spacial score (nSPS) is 19.5. The molecule has 1 N–H and O–H groups in total. The van der Waals surface area contributed by atoms with Gasteiger partial charge >= 0.3 is 6.03 Å². The van der Waals surface area contributed by atoms with Gasteiger partial charge in [-0.05, 0) is 43.9 Å². The van der Waals surface area contributed by atoms with Gasteiger partial charge in [-0.3, -0.25) is 9.69 Å². The Morgan fingerprint density at radius 3 is 2.76 bits per heavy atom. The van der Waals surface area contributed by atoms with Crippen molar-refractivity contribution in [2.24, 2.45) is 0 Å². The number of hydrogen-bond acceptors (Lipinski definition) is 3. The molecule has 3 amide bonds. The summed E-state index contributed by atoms with van der Waals surface area (Å²) in [5.41, 5.74) is 2.14. The number of urea groups is 1. The number of nitrogens with zero attached hydrogens (tertiary/aromatic N) is 2. The lowest BCUT2D eigenvalue weighted by atomic mass is 10.0. The number of amides is 3. The summed E-state index contributed by atoms with van der Waals surface area (Å²) in [6.07, 6.45) is 3.72. The lowest BCUT2D eigenvalue weighted by Gasteiger charge is -2.44. The minimum atomic E-state index is -0.203. The standard InChI is InChI=1S/C19H27N3O2S/c1-3-4-10-20-18(24)21-11-8-19(9-12-21)22(17(23)14-25-19)16-7-5-6-15(2)13-16/h5-7,13H,3-4,8-12,14H2,1-2H3,(H,20,24). The topological polar surface area (TPSA) is 52.7 Å². The van der Waals surface area contributed by atoms with E-state index in [4.69, 9.17) is 0 Å². The second-order valence-corrected chi connectivity index (χ2v) is 8.21. The van der Waals surface area contributed by atoms with Gasteiger partial charge in [0.25, 0.3) is 0 Å². The molecule has 5 nitrogen and oxygen atoms in total. The number of nitrogens with one attached hydrogen (secondary N) is 1. The summed E-state index contributed by atoms with van der Waals surface area (Å²) in [7, 11) is 0. The van der Waals surface area contributed by atoms with Crippen LogP contribution in [0.3, 0.4) is 0 Å². The fourth-order valence-electron chi connectivity index (χ4n) is 3.61. The number of rotatable bonds is 4. The zero-order chi connectivity index (χ0) is 17.9. The molecule has 0 atom stereocenters. The zero-order valence-electron chi connectivity index (χ0n) is 15.1. The Balaban J connectivity index is 1.68. The van der Waals surface area contributed by atoms with E-state index in [0.717, 1.165) is 43.5 Å². The lowest BCUT2D eigenvalue weighted by molar-refractivity contribution is -0.116. The van der Waals surface area contributed by atoms with Crippen molar-refractivity contribution in [3.05, 3.63) is 29.8 Å². The van der Waals surface area contributed by atoms with Crippen LogP contribution in [0.5, 0.6) is 0 Å². The lowest BCUT2D eigenvalue weighted by Crippen LogP contribution is -2.54. The molecule has 2 heterocycles. The Bertz CT molecular complexity index is 641. The Morgan fingerprint density at radius 1 is 1.32 bits per heavy atom. The summed E-state index contributed by atoms with van der Waals surface area (Å²) in [4.78, 5) is 28.5. The smallest absolute Gasteiger partial charge is 0.317 e. The average Bonchev–Trinajstić information content (AvgIpc) is 2.92. The molecule has 1 aromatic rings. The van der Waals surface area contributed by atoms with Crippen LogP contribution in [0, 0.1) is 6.92 Å². The van der Waals surface area contributed by atoms with E-state index in [2.05, 4.69) is 18.3 Å². The van der Waals surface area contributed by atoms with Gasteiger partial charge in [-0.25, -0.2) is 4.79 Å². The molecule has 1 aromatic carbocycles. The first-order valence-electron chi connectivity index (χ1n) is 9.12. The molecular formula is C19H27N3O2S. The van der Waals surface area contributed by atoms with Gasteiger partial charge < -0.3 is 10.2 Å². The molecular weight excluding hydrogens is 334 g/mol. The van der Waals surface area contributed by atoms with Crippen molar-refractivity contribution < 1.29 is 9.59 Å². The third kappa shape index (κ3) is 3.78. The molecule has 0 unspecified atom stereocenters. The van der Waals surface area contributed by atoms with E-state index in [0.29, 0.717) is 18.8 Å². The Kier molecular flexibility index (Phi) is 5.57. The van der Waals surface area contributed by atoms with E-state index in [-0.39, 0.29) is 16.8 Å². The highest BCUT2D eigenvalue weighted by molar-refractivity contribution is 8.02. The third-order valence-corrected chi connectivity index (χ3v) is 6.54. The molecule has 2 saturated heterocycles. The molecule has 2 aliphatic heterocycles. The van der Waals surface area contributed by atoms with Gasteiger partial charge in [-0.2, -0.15) is 0 Å². The predicted octanol–water partition coefficient (Wildman–Crippen LogP) is 3.38. The fraction of sp³-hybridized carbons (Fsp3) is 0.579. The van der Waals surface area contributed by atoms with Gasteiger partial charge in [-0.15, -0.1) is 11.8 Å². The van der Waals surface area contributed by atoms with E-state index in [1.807, 2.05) is 34.9 Å². The molecule has 1 spiro atoms. The van der Waals surface area contributed by atoms with Crippen molar-refractivity contribution in [3.8, 4) is 0 Å². The molecule has 3 rings (SSSR count). The Hall–Kier alpha value is -1.69. The van der Waals surface area contributed by atoms with Crippen LogP contribution in [0.1, 0.15) is 38.2 Å². The van der Waals surface area contributed by atoms with Crippen LogP contribution in [-0.4, -0.2) is 47.1 Å². The molecule has 0 aliphatic carbocycles. The Labute approximate surface area is 154 Å². The Morgan fingerprint density at radius 2 is 2.08 bits per heavy atom. The molecule has 2 fully saturated rings. The summed E-state index contributed by atoms with van der Waals surface area (Å²) in [5, 5.41) is 2.99. The van der Waals surface area contributed by atoms with Gasteiger partial charge in [0.2, 0.25) is 5.91 Å². The van der Waals surface area contributed by atoms with Crippen LogP contribution in [-0.2, 0) is 4.79 Å². The number of benzene rings is 1. The van der Waals surface area contributed by atoms with Crippen LogP contribution in [0.2, 0.25) is 0 Å². The van der Waals surface area contributed by atoms with E-state index in [1.54, 1.807) is 11.8 Å². The summed E-state index contributed by atoms with van der Waals surface area (Å²) >= 11 is 1.74. The van der Waals surface area contributed by atoms with Gasteiger partial charge in [0.15, 0.2) is 0 Å². The monoisotopic (exact) mass is 361 g/mol. The number of carbonyl (C=O) groups excluding carboxylic acids is 2. The maximum Gasteiger partial charge on any atom is 0.317 e. The summed E-state index contributed by atoms with van der Waals surface area (Å²) in [6.45, 7) is 6.29. The van der Waals surface area contributed by atoms with Crippen molar-refractivity contribution in [2.75, 3.05) is 30.3 Å². The van der Waals surface area contributed by atoms with Crippen LogP contribution in [0.15, 0.2) is 24.3 Å². The van der Waals surface area contributed by atoms with E-state index in [9.17, 15) is 9.59 Å². The van der Waals surface area contributed by atoms with Crippen molar-refractivity contribution >= 4 is 29.4 Å². The minimum absolute atomic E-state index is 0.0275. The molecule has 0 saturated carbocycles. The van der Waals surface area contributed by atoms with Crippen molar-refractivity contribution in [1.82, 2.24) is 10.2 Å². The molecule has 6 heteroatoms. The maximum atomic E-state index is 12.6. The third-order valence-electron chi connectivity index (χ3n) is 5.02. The van der Waals surface area contributed by atoms with Crippen LogP contribution < -0.4 is 10.2 Å². The summed E-state index contributed by atoms with van der Waals surface area (Å²) in [6, 6.07) is 8.18. The largest absolute Gasteiger partial charge is 0.338 e. The molecule has 2 aliphatic rings.